The topological polar surface area (TPSA) is 71.0 Å². The third-order valence-corrected chi connectivity index (χ3v) is 6.57. The minimum atomic E-state index is -0.612. The summed E-state index contributed by atoms with van der Waals surface area (Å²) in [5, 5.41) is 2.75. The van der Waals surface area contributed by atoms with Gasteiger partial charge in [0.1, 0.15) is 16.8 Å². The van der Waals surface area contributed by atoms with Gasteiger partial charge in [-0.1, -0.05) is 50.4 Å². The fourth-order valence-electron chi connectivity index (χ4n) is 3.61. The lowest BCUT2D eigenvalue weighted by Crippen LogP contribution is -2.45. The standard InChI is InChI=1S/C26H32FN3O3S/c1-3-5-6-7-8-16-30-24(31)18-23(34-26(30)29-20-14-12-19(27)13-15-20)25(32)28-21-10-9-11-22(17-21)33-4-2/h9-15,17,23H,3-8,16,18H2,1-2H3,(H,28,32). The van der Waals surface area contributed by atoms with Crippen LogP contribution >= 0.6 is 11.8 Å². The van der Waals surface area contributed by atoms with Gasteiger partial charge in [0.25, 0.3) is 0 Å². The number of nitrogens with zero attached hydrogens (tertiary/aromatic N) is 2. The lowest BCUT2D eigenvalue weighted by molar-refractivity contribution is -0.129. The molecule has 182 valence electrons. The molecule has 6 nitrogen and oxygen atoms in total. The van der Waals surface area contributed by atoms with Crippen molar-refractivity contribution in [3.8, 4) is 5.75 Å². The number of amidine groups is 1. The largest absolute Gasteiger partial charge is 0.494 e. The van der Waals surface area contributed by atoms with E-state index in [0.717, 1.165) is 25.7 Å². The highest BCUT2D eigenvalue weighted by Gasteiger charge is 2.35. The van der Waals surface area contributed by atoms with E-state index in [1.807, 2.05) is 19.1 Å². The van der Waals surface area contributed by atoms with E-state index in [1.165, 1.54) is 30.3 Å². The molecule has 1 aliphatic heterocycles. The van der Waals surface area contributed by atoms with Crippen LogP contribution in [0.25, 0.3) is 0 Å². The second-order valence-corrected chi connectivity index (χ2v) is 9.26. The SMILES string of the molecule is CCCCCCCN1C(=O)CC(C(=O)Nc2cccc(OCC)c2)SC1=Nc1ccc(F)cc1. The third-order valence-electron chi connectivity index (χ3n) is 5.38. The molecule has 0 radical (unpaired) electrons. The fourth-order valence-corrected chi connectivity index (χ4v) is 4.74. The maximum absolute atomic E-state index is 13.3. The Balaban J connectivity index is 1.74. The van der Waals surface area contributed by atoms with E-state index < -0.39 is 5.25 Å². The molecular formula is C26H32FN3O3S. The van der Waals surface area contributed by atoms with E-state index in [1.54, 1.807) is 29.2 Å². The van der Waals surface area contributed by atoms with Gasteiger partial charge in [-0.2, -0.15) is 0 Å². The molecule has 0 aliphatic carbocycles. The molecular weight excluding hydrogens is 453 g/mol. The van der Waals surface area contributed by atoms with Crippen LogP contribution in [0.5, 0.6) is 5.75 Å². The first-order chi connectivity index (χ1) is 16.5. The summed E-state index contributed by atoms with van der Waals surface area (Å²) >= 11 is 1.27. The number of hydrogen-bond donors (Lipinski definition) is 1. The number of anilines is 1. The number of rotatable bonds is 11. The van der Waals surface area contributed by atoms with Gasteiger partial charge in [0.15, 0.2) is 5.17 Å². The van der Waals surface area contributed by atoms with Gasteiger partial charge in [-0.3, -0.25) is 14.5 Å². The van der Waals surface area contributed by atoms with Gasteiger partial charge in [0.2, 0.25) is 11.8 Å². The number of carbonyl (C=O) groups is 2. The van der Waals surface area contributed by atoms with E-state index in [0.29, 0.717) is 35.4 Å². The highest BCUT2D eigenvalue weighted by Crippen LogP contribution is 2.30. The maximum Gasteiger partial charge on any atom is 0.238 e. The fraction of sp³-hybridized carbons (Fsp3) is 0.423. The van der Waals surface area contributed by atoms with Gasteiger partial charge >= 0.3 is 0 Å². The Morgan fingerprint density at radius 2 is 1.91 bits per heavy atom. The van der Waals surface area contributed by atoms with Crippen LogP contribution in [0.3, 0.4) is 0 Å². The number of aliphatic imine (C=N–C) groups is 1. The van der Waals surface area contributed by atoms with Crippen LogP contribution in [0.1, 0.15) is 52.4 Å². The molecule has 1 aliphatic rings. The number of benzene rings is 2. The Labute approximate surface area is 205 Å². The van der Waals surface area contributed by atoms with Crippen molar-refractivity contribution in [2.45, 2.75) is 57.6 Å². The summed E-state index contributed by atoms with van der Waals surface area (Å²) in [7, 11) is 0. The van der Waals surface area contributed by atoms with Gasteiger partial charge in [0, 0.05) is 24.7 Å². The van der Waals surface area contributed by atoms with Crippen LogP contribution in [-0.4, -0.2) is 40.3 Å². The zero-order chi connectivity index (χ0) is 24.3. The van der Waals surface area contributed by atoms with Crippen LogP contribution in [0.2, 0.25) is 0 Å². The van der Waals surface area contributed by atoms with Gasteiger partial charge in [-0.25, -0.2) is 9.38 Å². The summed E-state index contributed by atoms with van der Waals surface area (Å²) in [5.74, 6) is -0.0733. The highest BCUT2D eigenvalue weighted by molar-refractivity contribution is 8.15. The molecule has 0 aromatic heterocycles. The molecule has 1 atom stereocenters. The maximum atomic E-state index is 13.3. The van der Waals surface area contributed by atoms with Crippen LogP contribution < -0.4 is 10.1 Å². The first kappa shape index (κ1) is 25.7. The quantitative estimate of drug-likeness (QED) is 0.387. The van der Waals surface area contributed by atoms with E-state index >= 15 is 0 Å². The van der Waals surface area contributed by atoms with E-state index in [9.17, 15) is 14.0 Å². The Kier molecular flexibility index (Phi) is 9.94. The van der Waals surface area contributed by atoms with Crippen LogP contribution in [0.4, 0.5) is 15.8 Å². The van der Waals surface area contributed by atoms with Crippen molar-refractivity contribution in [1.82, 2.24) is 4.90 Å². The first-order valence-corrected chi connectivity index (χ1v) is 12.7. The van der Waals surface area contributed by atoms with E-state index in [4.69, 9.17) is 4.74 Å². The van der Waals surface area contributed by atoms with Crippen molar-refractivity contribution in [3.63, 3.8) is 0 Å². The number of unbranched alkanes of at least 4 members (excludes halogenated alkanes) is 4. The summed E-state index contributed by atoms with van der Waals surface area (Å²) in [6.45, 7) is 5.14. The number of halogens is 1. The predicted molar refractivity (Wildman–Crippen MR) is 136 cm³/mol. The summed E-state index contributed by atoms with van der Waals surface area (Å²) in [6.07, 6.45) is 5.45. The van der Waals surface area contributed by atoms with Crippen LogP contribution in [0.15, 0.2) is 53.5 Å². The molecule has 1 N–H and O–H groups in total. The summed E-state index contributed by atoms with van der Waals surface area (Å²) < 4.78 is 18.8. The Morgan fingerprint density at radius 1 is 1.15 bits per heavy atom. The second kappa shape index (κ2) is 13.1. The summed E-state index contributed by atoms with van der Waals surface area (Å²) in [6, 6.07) is 13.0. The average Bonchev–Trinajstić information content (AvgIpc) is 2.82. The Bertz CT molecular complexity index is 997. The number of nitrogens with one attached hydrogen (secondary N) is 1. The number of thioether (sulfide) groups is 1. The lowest BCUT2D eigenvalue weighted by Gasteiger charge is -2.32. The number of amides is 2. The van der Waals surface area contributed by atoms with Crippen LogP contribution in [0, 0.1) is 5.82 Å². The molecule has 8 heteroatoms. The summed E-state index contributed by atoms with van der Waals surface area (Å²) in [4.78, 5) is 32.3. The average molecular weight is 486 g/mol. The van der Waals surface area contributed by atoms with Crippen molar-refractivity contribution < 1.29 is 18.7 Å². The molecule has 1 heterocycles. The summed E-state index contributed by atoms with van der Waals surface area (Å²) in [5.41, 5.74) is 1.15. The van der Waals surface area contributed by atoms with Gasteiger partial charge in [-0.15, -0.1) is 0 Å². The van der Waals surface area contributed by atoms with Crippen molar-refractivity contribution in [3.05, 3.63) is 54.3 Å². The van der Waals surface area contributed by atoms with Crippen molar-refractivity contribution in [2.75, 3.05) is 18.5 Å². The normalized spacial score (nSPS) is 17.1. The molecule has 2 aromatic rings. The van der Waals surface area contributed by atoms with Crippen molar-refractivity contribution >= 4 is 40.1 Å². The van der Waals surface area contributed by atoms with Gasteiger partial charge < -0.3 is 10.1 Å². The van der Waals surface area contributed by atoms with Crippen molar-refractivity contribution in [1.29, 1.82) is 0 Å². The molecule has 2 amide bonds. The monoisotopic (exact) mass is 485 g/mol. The molecule has 1 unspecified atom stereocenters. The van der Waals surface area contributed by atoms with E-state index in [-0.39, 0.29) is 24.1 Å². The molecule has 2 aromatic carbocycles. The first-order valence-electron chi connectivity index (χ1n) is 11.8. The lowest BCUT2D eigenvalue weighted by atomic mass is 10.1. The molecule has 3 rings (SSSR count). The minimum absolute atomic E-state index is 0.0963. The third kappa shape index (κ3) is 7.58. The number of carbonyl (C=O) groups excluding carboxylic acids is 2. The Hall–Kier alpha value is -2.87. The second-order valence-electron chi connectivity index (χ2n) is 8.09. The smallest absolute Gasteiger partial charge is 0.238 e. The molecule has 0 bridgehead atoms. The molecule has 0 spiro atoms. The molecule has 0 saturated carbocycles. The highest BCUT2D eigenvalue weighted by atomic mass is 32.2. The number of hydrogen-bond acceptors (Lipinski definition) is 5. The molecule has 1 fully saturated rings. The van der Waals surface area contributed by atoms with Crippen LogP contribution in [-0.2, 0) is 9.59 Å². The van der Waals surface area contributed by atoms with Gasteiger partial charge in [-0.05, 0) is 49.7 Å². The zero-order valence-electron chi connectivity index (χ0n) is 19.8. The Morgan fingerprint density at radius 3 is 2.65 bits per heavy atom. The molecule has 34 heavy (non-hydrogen) atoms. The van der Waals surface area contributed by atoms with Gasteiger partial charge in [0.05, 0.1) is 12.3 Å². The predicted octanol–water partition coefficient (Wildman–Crippen LogP) is 6.16. The zero-order valence-corrected chi connectivity index (χ0v) is 20.6. The van der Waals surface area contributed by atoms with E-state index in [2.05, 4.69) is 17.2 Å². The number of ether oxygens (including phenoxy) is 1. The minimum Gasteiger partial charge on any atom is -0.494 e. The molecule has 1 saturated heterocycles. The van der Waals surface area contributed by atoms with Crippen molar-refractivity contribution in [2.24, 2.45) is 4.99 Å².